The molecule has 104 valence electrons. The molecule has 0 saturated carbocycles. The molecule has 1 saturated heterocycles. The Hall–Kier alpha value is 0.130. The van der Waals surface area contributed by atoms with Gasteiger partial charge < -0.3 is 5.32 Å². The highest BCUT2D eigenvalue weighted by Gasteiger charge is 2.21. The van der Waals surface area contributed by atoms with Crippen molar-refractivity contribution >= 4 is 40.7 Å². The van der Waals surface area contributed by atoms with Crippen molar-refractivity contribution < 1.29 is 0 Å². The van der Waals surface area contributed by atoms with Gasteiger partial charge in [-0.3, -0.25) is 9.88 Å². The molecule has 1 atom stereocenters. The summed E-state index contributed by atoms with van der Waals surface area (Å²) in [6.45, 7) is 6.66. The first-order chi connectivity index (χ1) is 7.81. The number of halogens is 3. The van der Waals surface area contributed by atoms with Crippen LogP contribution in [0.25, 0.3) is 0 Å². The van der Waals surface area contributed by atoms with E-state index < -0.39 is 0 Å². The Balaban J connectivity index is 0.00000144. The molecular formula is C12H20BrCl2N3. The zero-order valence-corrected chi connectivity index (χ0v) is 13.7. The summed E-state index contributed by atoms with van der Waals surface area (Å²) in [5, 5.41) is 3.38. The Labute approximate surface area is 130 Å². The summed E-state index contributed by atoms with van der Waals surface area (Å²) in [4.78, 5) is 7.04. The van der Waals surface area contributed by atoms with Gasteiger partial charge >= 0.3 is 0 Å². The summed E-state index contributed by atoms with van der Waals surface area (Å²) in [7, 11) is 0. The van der Waals surface area contributed by atoms with E-state index in [2.05, 4.69) is 50.2 Å². The molecule has 0 aliphatic carbocycles. The molecule has 1 aliphatic rings. The number of hydrogen-bond donors (Lipinski definition) is 1. The lowest BCUT2D eigenvalue weighted by atomic mass is 10.1. The Kier molecular flexibility index (Phi) is 9.17. The molecule has 18 heavy (non-hydrogen) atoms. The highest BCUT2D eigenvalue weighted by molar-refractivity contribution is 9.10. The summed E-state index contributed by atoms with van der Waals surface area (Å²) in [5.74, 6) is 0. The zero-order chi connectivity index (χ0) is 11.4. The third-order valence-electron chi connectivity index (χ3n) is 3.07. The predicted molar refractivity (Wildman–Crippen MR) is 83.9 cm³/mol. The average molecular weight is 357 g/mol. The molecule has 1 aliphatic heterocycles. The van der Waals surface area contributed by atoms with Crippen molar-refractivity contribution in [1.29, 1.82) is 0 Å². The summed E-state index contributed by atoms with van der Waals surface area (Å²) >= 11 is 3.43. The van der Waals surface area contributed by atoms with Gasteiger partial charge in [-0.15, -0.1) is 24.8 Å². The lowest BCUT2D eigenvalue weighted by Gasteiger charge is -2.34. The third-order valence-corrected chi connectivity index (χ3v) is 3.54. The normalized spacial score (nSPS) is 17.4. The van der Waals surface area contributed by atoms with Gasteiger partial charge in [0.1, 0.15) is 0 Å². The van der Waals surface area contributed by atoms with Crippen molar-refractivity contribution in [2.75, 3.05) is 26.2 Å². The topological polar surface area (TPSA) is 28.2 Å². The van der Waals surface area contributed by atoms with Crippen LogP contribution < -0.4 is 5.32 Å². The second-order valence-corrected chi connectivity index (χ2v) is 5.03. The van der Waals surface area contributed by atoms with E-state index in [-0.39, 0.29) is 24.8 Å². The second-order valence-electron chi connectivity index (χ2n) is 4.11. The van der Waals surface area contributed by atoms with Gasteiger partial charge in [0.05, 0.1) is 11.7 Å². The molecule has 1 fully saturated rings. The highest BCUT2D eigenvalue weighted by atomic mass is 79.9. The molecule has 1 aromatic heterocycles. The molecule has 3 nitrogen and oxygen atoms in total. The van der Waals surface area contributed by atoms with Gasteiger partial charge in [0.2, 0.25) is 0 Å². The fourth-order valence-corrected chi connectivity index (χ4v) is 2.47. The van der Waals surface area contributed by atoms with Crippen LogP contribution >= 0.6 is 40.7 Å². The Morgan fingerprint density at radius 3 is 2.50 bits per heavy atom. The van der Waals surface area contributed by atoms with Crippen molar-refractivity contribution in [3.05, 3.63) is 28.5 Å². The number of aromatic nitrogens is 1. The lowest BCUT2D eigenvalue weighted by molar-refractivity contribution is 0.166. The largest absolute Gasteiger partial charge is 0.314 e. The SMILES string of the molecule is CC[C@H](c1ccc(Br)cn1)N1CCNCC1.Cl.Cl. The van der Waals surface area contributed by atoms with E-state index in [4.69, 9.17) is 0 Å². The molecule has 0 amide bonds. The van der Waals surface area contributed by atoms with Crippen LogP contribution in [0.1, 0.15) is 25.1 Å². The van der Waals surface area contributed by atoms with Crippen LogP contribution in [-0.2, 0) is 0 Å². The van der Waals surface area contributed by atoms with E-state index in [1.54, 1.807) is 0 Å². The van der Waals surface area contributed by atoms with Gasteiger partial charge in [0, 0.05) is 36.8 Å². The van der Waals surface area contributed by atoms with Gasteiger partial charge in [-0.25, -0.2) is 0 Å². The van der Waals surface area contributed by atoms with Crippen LogP contribution in [0.4, 0.5) is 0 Å². The summed E-state index contributed by atoms with van der Waals surface area (Å²) in [5.41, 5.74) is 1.19. The predicted octanol–water partition coefficient (Wildman–Crippen LogP) is 3.04. The van der Waals surface area contributed by atoms with Crippen LogP contribution in [0, 0.1) is 0 Å². The van der Waals surface area contributed by atoms with Gasteiger partial charge in [-0.1, -0.05) is 6.92 Å². The molecule has 1 aromatic rings. The molecular weight excluding hydrogens is 337 g/mol. The van der Waals surface area contributed by atoms with Crippen LogP contribution in [0.3, 0.4) is 0 Å². The highest BCUT2D eigenvalue weighted by Crippen LogP contribution is 2.23. The van der Waals surface area contributed by atoms with E-state index in [9.17, 15) is 0 Å². The summed E-state index contributed by atoms with van der Waals surface area (Å²) in [6, 6.07) is 4.67. The number of nitrogens with zero attached hydrogens (tertiary/aromatic N) is 2. The minimum absolute atomic E-state index is 0. The van der Waals surface area contributed by atoms with E-state index in [0.717, 1.165) is 37.1 Å². The molecule has 0 aromatic carbocycles. The first-order valence-corrected chi connectivity index (χ1v) is 6.66. The monoisotopic (exact) mass is 355 g/mol. The van der Waals surface area contributed by atoms with Crippen molar-refractivity contribution in [3.63, 3.8) is 0 Å². The number of hydrogen-bond acceptors (Lipinski definition) is 3. The van der Waals surface area contributed by atoms with E-state index in [1.807, 2.05) is 6.20 Å². The van der Waals surface area contributed by atoms with Gasteiger partial charge in [0.25, 0.3) is 0 Å². The zero-order valence-electron chi connectivity index (χ0n) is 10.4. The first kappa shape index (κ1) is 18.1. The lowest BCUT2D eigenvalue weighted by Crippen LogP contribution is -2.45. The van der Waals surface area contributed by atoms with Crippen molar-refractivity contribution in [2.24, 2.45) is 0 Å². The maximum absolute atomic E-state index is 4.52. The fraction of sp³-hybridized carbons (Fsp3) is 0.583. The first-order valence-electron chi connectivity index (χ1n) is 5.87. The van der Waals surface area contributed by atoms with Crippen LogP contribution in [0.5, 0.6) is 0 Å². The number of piperazine rings is 1. The second kappa shape index (κ2) is 9.10. The van der Waals surface area contributed by atoms with Crippen LogP contribution in [-0.4, -0.2) is 36.1 Å². The Bertz CT molecular complexity index is 329. The summed E-state index contributed by atoms with van der Waals surface area (Å²) in [6.07, 6.45) is 3.01. The molecule has 6 heteroatoms. The molecule has 1 N–H and O–H groups in total. The van der Waals surface area contributed by atoms with E-state index in [1.165, 1.54) is 5.69 Å². The summed E-state index contributed by atoms with van der Waals surface area (Å²) < 4.78 is 1.05. The molecule has 2 heterocycles. The van der Waals surface area contributed by atoms with E-state index >= 15 is 0 Å². The Morgan fingerprint density at radius 1 is 1.33 bits per heavy atom. The maximum Gasteiger partial charge on any atom is 0.0576 e. The van der Waals surface area contributed by atoms with Gasteiger partial charge in [0.15, 0.2) is 0 Å². The molecule has 0 unspecified atom stereocenters. The maximum atomic E-state index is 4.52. The minimum Gasteiger partial charge on any atom is -0.314 e. The third kappa shape index (κ3) is 4.67. The number of nitrogens with one attached hydrogen (secondary N) is 1. The van der Waals surface area contributed by atoms with Gasteiger partial charge in [-0.05, 0) is 34.5 Å². The smallest absolute Gasteiger partial charge is 0.0576 e. The molecule has 2 rings (SSSR count). The van der Waals surface area contributed by atoms with Gasteiger partial charge in [-0.2, -0.15) is 0 Å². The minimum atomic E-state index is 0. The van der Waals surface area contributed by atoms with Crippen molar-refractivity contribution in [3.8, 4) is 0 Å². The van der Waals surface area contributed by atoms with E-state index in [0.29, 0.717) is 6.04 Å². The molecule has 0 radical (unpaired) electrons. The average Bonchev–Trinajstić information content (AvgIpc) is 2.34. The quantitative estimate of drug-likeness (QED) is 0.902. The van der Waals surface area contributed by atoms with Crippen LogP contribution in [0.15, 0.2) is 22.8 Å². The Morgan fingerprint density at radius 2 is 2.00 bits per heavy atom. The molecule has 0 spiro atoms. The van der Waals surface area contributed by atoms with Crippen molar-refractivity contribution in [1.82, 2.24) is 15.2 Å². The standard InChI is InChI=1S/C12H18BrN3.2ClH/c1-2-12(16-7-5-14-6-8-16)11-4-3-10(13)9-15-11;;/h3-4,9,12,14H,2,5-8H2,1H3;2*1H/t12-;;/m1../s1. The fourth-order valence-electron chi connectivity index (χ4n) is 2.23. The number of pyridine rings is 1. The van der Waals surface area contributed by atoms with Crippen molar-refractivity contribution in [2.45, 2.75) is 19.4 Å². The molecule has 0 bridgehead atoms. The van der Waals surface area contributed by atoms with Crippen LogP contribution in [0.2, 0.25) is 0 Å². The number of rotatable bonds is 3.